The number of nitrogens with zero attached hydrogens (tertiary/aromatic N) is 1. The molecule has 3 aromatic rings. The monoisotopic (exact) mass is 396 g/mol. The minimum Gasteiger partial charge on any atom is -0.493 e. The molecule has 3 rings (SSSR count). The maximum absolute atomic E-state index is 12.5. The van der Waals surface area contributed by atoms with Crippen LogP contribution in [0.2, 0.25) is 0 Å². The average molecular weight is 396 g/mol. The topological polar surface area (TPSA) is 82.8 Å². The fourth-order valence-electron chi connectivity index (χ4n) is 2.94. The summed E-state index contributed by atoms with van der Waals surface area (Å²) in [7, 11) is 3.15. The number of methoxy groups -OCH3 is 2. The number of benzene rings is 2. The minimum absolute atomic E-state index is 0.188. The zero-order chi connectivity index (χ0) is 20.8. The molecule has 0 saturated heterocycles. The number of amides is 1. The number of ether oxygens (including phenoxy) is 3. The Morgan fingerprint density at radius 3 is 2.45 bits per heavy atom. The van der Waals surface area contributed by atoms with Gasteiger partial charge in [-0.15, -0.1) is 0 Å². The maximum atomic E-state index is 12.5. The summed E-state index contributed by atoms with van der Waals surface area (Å²) in [5, 5.41) is 6.80. The van der Waals surface area contributed by atoms with Gasteiger partial charge < -0.3 is 24.1 Å². The lowest BCUT2D eigenvalue weighted by Gasteiger charge is -2.13. The zero-order valence-electron chi connectivity index (χ0n) is 16.9. The SMILES string of the molecule is COc1cccc(CNC(=O)c2ccc(OCc3c(C)noc3C)cc2)c1OC. The number of carbonyl (C=O) groups excluding carboxylic acids is 1. The summed E-state index contributed by atoms with van der Waals surface area (Å²) in [5.74, 6) is 2.45. The predicted octanol–water partition coefficient (Wildman–Crippen LogP) is 3.82. The summed E-state index contributed by atoms with van der Waals surface area (Å²) in [6.45, 7) is 4.41. The quantitative estimate of drug-likeness (QED) is 0.623. The Morgan fingerprint density at radius 2 is 1.83 bits per heavy atom. The Labute approximate surface area is 169 Å². The van der Waals surface area contributed by atoms with Gasteiger partial charge in [0.05, 0.1) is 25.5 Å². The van der Waals surface area contributed by atoms with E-state index in [0.717, 1.165) is 22.6 Å². The third kappa shape index (κ3) is 4.68. The molecule has 152 valence electrons. The van der Waals surface area contributed by atoms with E-state index in [2.05, 4.69) is 10.5 Å². The van der Waals surface area contributed by atoms with Crippen LogP contribution in [0, 0.1) is 13.8 Å². The van der Waals surface area contributed by atoms with Crippen LogP contribution in [0.1, 0.15) is 32.9 Å². The first kappa shape index (κ1) is 20.3. The standard InChI is InChI=1S/C22H24N2O5/c1-14-19(15(2)29-24-14)13-28-18-10-8-16(9-11-18)22(25)23-12-17-6-5-7-20(26-3)21(17)27-4/h5-11H,12-13H2,1-4H3,(H,23,25). The molecule has 0 aliphatic rings. The van der Waals surface area contributed by atoms with Gasteiger partial charge in [0, 0.05) is 17.7 Å². The smallest absolute Gasteiger partial charge is 0.251 e. The van der Waals surface area contributed by atoms with E-state index in [1.807, 2.05) is 32.0 Å². The Bertz CT molecular complexity index is 960. The Kier molecular flexibility index (Phi) is 6.39. The second-order valence-electron chi connectivity index (χ2n) is 6.45. The number of aryl methyl sites for hydroxylation is 2. The van der Waals surface area contributed by atoms with Gasteiger partial charge >= 0.3 is 0 Å². The Hall–Kier alpha value is -3.48. The highest BCUT2D eigenvalue weighted by molar-refractivity contribution is 5.94. The second-order valence-corrected chi connectivity index (χ2v) is 6.45. The predicted molar refractivity (Wildman–Crippen MR) is 107 cm³/mol. The molecule has 1 amide bonds. The van der Waals surface area contributed by atoms with Crippen LogP contribution >= 0.6 is 0 Å². The molecule has 0 unspecified atom stereocenters. The average Bonchev–Trinajstić information content (AvgIpc) is 3.07. The van der Waals surface area contributed by atoms with E-state index >= 15 is 0 Å². The molecule has 2 aromatic carbocycles. The van der Waals surface area contributed by atoms with Crippen LogP contribution in [-0.2, 0) is 13.2 Å². The van der Waals surface area contributed by atoms with Gasteiger partial charge in [0.15, 0.2) is 11.5 Å². The molecule has 29 heavy (non-hydrogen) atoms. The van der Waals surface area contributed by atoms with Gasteiger partial charge in [-0.3, -0.25) is 4.79 Å². The lowest BCUT2D eigenvalue weighted by Crippen LogP contribution is -2.23. The van der Waals surface area contributed by atoms with E-state index in [1.54, 1.807) is 38.5 Å². The third-order valence-electron chi connectivity index (χ3n) is 4.60. The lowest BCUT2D eigenvalue weighted by atomic mass is 10.1. The van der Waals surface area contributed by atoms with Crippen molar-refractivity contribution in [2.24, 2.45) is 0 Å². The summed E-state index contributed by atoms with van der Waals surface area (Å²) >= 11 is 0. The van der Waals surface area contributed by atoms with Gasteiger partial charge in [0.2, 0.25) is 0 Å². The third-order valence-corrected chi connectivity index (χ3v) is 4.60. The second kappa shape index (κ2) is 9.14. The molecule has 0 fully saturated rings. The molecule has 1 N–H and O–H groups in total. The van der Waals surface area contributed by atoms with Crippen molar-refractivity contribution in [3.8, 4) is 17.2 Å². The van der Waals surface area contributed by atoms with Crippen LogP contribution in [0.5, 0.6) is 17.2 Å². The first-order valence-corrected chi connectivity index (χ1v) is 9.16. The molecular formula is C22H24N2O5. The van der Waals surface area contributed by atoms with Gasteiger partial charge in [-0.25, -0.2) is 0 Å². The number of hydrogen-bond donors (Lipinski definition) is 1. The first-order valence-electron chi connectivity index (χ1n) is 9.16. The van der Waals surface area contributed by atoms with Crippen molar-refractivity contribution in [2.45, 2.75) is 27.0 Å². The van der Waals surface area contributed by atoms with Crippen molar-refractivity contribution in [2.75, 3.05) is 14.2 Å². The molecule has 0 saturated carbocycles. The van der Waals surface area contributed by atoms with Crippen molar-refractivity contribution in [1.82, 2.24) is 10.5 Å². The van der Waals surface area contributed by atoms with E-state index in [0.29, 0.717) is 36.0 Å². The van der Waals surface area contributed by atoms with Gasteiger partial charge in [-0.2, -0.15) is 0 Å². The van der Waals surface area contributed by atoms with E-state index < -0.39 is 0 Å². The number of aromatic nitrogens is 1. The Morgan fingerprint density at radius 1 is 1.07 bits per heavy atom. The molecule has 1 heterocycles. The number of nitrogens with one attached hydrogen (secondary N) is 1. The molecule has 0 aliphatic heterocycles. The van der Waals surface area contributed by atoms with Crippen molar-refractivity contribution >= 4 is 5.91 Å². The van der Waals surface area contributed by atoms with Crippen molar-refractivity contribution < 1.29 is 23.5 Å². The van der Waals surface area contributed by atoms with Crippen molar-refractivity contribution in [3.63, 3.8) is 0 Å². The molecule has 0 spiro atoms. The van der Waals surface area contributed by atoms with Crippen LogP contribution in [0.15, 0.2) is 47.0 Å². The van der Waals surface area contributed by atoms with Gasteiger partial charge in [0.1, 0.15) is 18.1 Å². The Balaban J connectivity index is 1.59. The molecule has 7 heteroatoms. The largest absolute Gasteiger partial charge is 0.493 e. The normalized spacial score (nSPS) is 10.5. The van der Waals surface area contributed by atoms with Crippen LogP contribution in [0.4, 0.5) is 0 Å². The molecule has 0 aliphatic carbocycles. The summed E-state index contributed by atoms with van der Waals surface area (Å²) in [5.41, 5.74) is 3.11. The highest BCUT2D eigenvalue weighted by atomic mass is 16.5. The number of rotatable bonds is 8. The van der Waals surface area contributed by atoms with Gasteiger partial charge in [0.25, 0.3) is 5.91 Å². The maximum Gasteiger partial charge on any atom is 0.251 e. The number of carbonyl (C=O) groups is 1. The molecule has 1 aromatic heterocycles. The van der Waals surface area contributed by atoms with E-state index in [1.165, 1.54) is 0 Å². The highest BCUT2D eigenvalue weighted by Gasteiger charge is 2.12. The van der Waals surface area contributed by atoms with Crippen molar-refractivity contribution in [3.05, 3.63) is 70.6 Å². The molecular weight excluding hydrogens is 372 g/mol. The first-order chi connectivity index (χ1) is 14.0. The highest BCUT2D eigenvalue weighted by Crippen LogP contribution is 2.30. The van der Waals surface area contributed by atoms with Crippen LogP contribution in [-0.4, -0.2) is 25.3 Å². The summed E-state index contributed by atoms with van der Waals surface area (Å²) in [4.78, 5) is 12.5. The van der Waals surface area contributed by atoms with Crippen LogP contribution in [0.3, 0.4) is 0 Å². The minimum atomic E-state index is -0.188. The summed E-state index contributed by atoms with van der Waals surface area (Å²) < 4.78 is 21.6. The summed E-state index contributed by atoms with van der Waals surface area (Å²) in [6, 6.07) is 12.5. The van der Waals surface area contributed by atoms with Crippen LogP contribution < -0.4 is 19.5 Å². The van der Waals surface area contributed by atoms with E-state index in [4.69, 9.17) is 18.7 Å². The van der Waals surface area contributed by atoms with E-state index in [9.17, 15) is 4.79 Å². The van der Waals surface area contributed by atoms with E-state index in [-0.39, 0.29) is 5.91 Å². The molecule has 0 bridgehead atoms. The molecule has 7 nitrogen and oxygen atoms in total. The summed E-state index contributed by atoms with van der Waals surface area (Å²) in [6.07, 6.45) is 0. The fraction of sp³-hybridized carbons (Fsp3) is 0.273. The van der Waals surface area contributed by atoms with Crippen LogP contribution in [0.25, 0.3) is 0 Å². The molecule has 0 atom stereocenters. The van der Waals surface area contributed by atoms with Gasteiger partial charge in [-0.05, 0) is 44.2 Å². The lowest BCUT2D eigenvalue weighted by molar-refractivity contribution is 0.0950. The molecule has 0 radical (unpaired) electrons. The fourth-order valence-corrected chi connectivity index (χ4v) is 2.94. The number of para-hydroxylation sites is 1. The van der Waals surface area contributed by atoms with Gasteiger partial charge in [-0.1, -0.05) is 17.3 Å². The number of hydrogen-bond acceptors (Lipinski definition) is 6. The zero-order valence-corrected chi connectivity index (χ0v) is 16.9. The van der Waals surface area contributed by atoms with Crippen molar-refractivity contribution in [1.29, 1.82) is 0 Å².